The molecule has 7 nitrogen and oxygen atoms in total. The zero-order chi connectivity index (χ0) is 18.4. The molecule has 0 aromatic heterocycles. The first-order valence-electron chi connectivity index (χ1n) is 8.31. The first-order chi connectivity index (χ1) is 11.9. The van der Waals surface area contributed by atoms with Gasteiger partial charge in [-0.1, -0.05) is 0 Å². The number of rotatable bonds is 8. The average Bonchev–Trinajstić information content (AvgIpc) is 2.61. The van der Waals surface area contributed by atoms with E-state index in [4.69, 9.17) is 9.47 Å². The minimum atomic E-state index is -0.541. The monoisotopic (exact) mass is 348 g/mol. The molecule has 7 heteroatoms. The van der Waals surface area contributed by atoms with Crippen LogP contribution in [0.3, 0.4) is 0 Å². The lowest BCUT2D eigenvalue weighted by atomic mass is 10.0. The molecule has 1 heterocycles. The van der Waals surface area contributed by atoms with Crippen molar-refractivity contribution in [2.45, 2.75) is 32.3 Å². The molecule has 1 aliphatic heterocycles. The first kappa shape index (κ1) is 18.9. The highest BCUT2D eigenvalue weighted by molar-refractivity contribution is 6.03. The summed E-state index contributed by atoms with van der Waals surface area (Å²) in [6, 6.07) is 4.98. The number of anilines is 1. The van der Waals surface area contributed by atoms with Crippen molar-refractivity contribution < 1.29 is 23.9 Å². The van der Waals surface area contributed by atoms with Crippen LogP contribution in [0, 0.1) is 0 Å². The van der Waals surface area contributed by atoms with Gasteiger partial charge in [-0.2, -0.15) is 0 Å². The molecule has 1 aliphatic rings. The number of nitrogens with one attached hydrogen (secondary N) is 1. The van der Waals surface area contributed by atoms with Gasteiger partial charge < -0.3 is 19.7 Å². The van der Waals surface area contributed by atoms with E-state index in [1.54, 1.807) is 39.3 Å². The molecule has 2 amide bonds. The summed E-state index contributed by atoms with van der Waals surface area (Å²) >= 11 is 0. The lowest BCUT2D eigenvalue weighted by Crippen LogP contribution is -2.42. The van der Waals surface area contributed by atoms with Crippen molar-refractivity contribution in [2.24, 2.45) is 0 Å². The molecular weight excluding hydrogens is 324 g/mol. The number of Topliss-reactive ketones (excluding diaryl/α,β-unsaturated/α-hetero) is 1. The van der Waals surface area contributed by atoms with E-state index < -0.39 is 6.10 Å². The molecule has 1 N–H and O–H groups in total. The van der Waals surface area contributed by atoms with Crippen molar-refractivity contribution in [1.29, 1.82) is 0 Å². The van der Waals surface area contributed by atoms with Gasteiger partial charge >= 0.3 is 0 Å². The standard InChI is InChI=1S/C18H24N2O5/c1-12-18(23)20(2)14-11-13(5-7-16(14)25-12)15(21)6-8-17(22)19-9-4-10-24-3/h5,7,11-12H,4,6,8-10H2,1-3H3,(H,19,22). The third-order valence-electron chi connectivity index (χ3n) is 4.05. The maximum absolute atomic E-state index is 12.3. The van der Waals surface area contributed by atoms with Crippen LogP contribution in [0.2, 0.25) is 0 Å². The van der Waals surface area contributed by atoms with Gasteiger partial charge in [0.1, 0.15) is 5.75 Å². The summed E-state index contributed by atoms with van der Waals surface area (Å²) in [5.41, 5.74) is 1.03. The highest BCUT2D eigenvalue weighted by Crippen LogP contribution is 2.34. The van der Waals surface area contributed by atoms with E-state index in [9.17, 15) is 14.4 Å². The van der Waals surface area contributed by atoms with Crippen LogP contribution in [0.25, 0.3) is 0 Å². The van der Waals surface area contributed by atoms with Crippen LogP contribution in [0.5, 0.6) is 5.75 Å². The second-order valence-electron chi connectivity index (χ2n) is 5.96. The second-order valence-corrected chi connectivity index (χ2v) is 5.96. The SMILES string of the molecule is COCCCNC(=O)CCC(=O)c1ccc2c(c1)N(C)C(=O)C(C)O2. The van der Waals surface area contributed by atoms with Crippen molar-refractivity contribution in [3.05, 3.63) is 23.8 Å². The van der Waals surface area contributed by atoms with Gasteiger partial charge in [-0.3, -0.25) is 14.4 Å². The fraction of sp³-hybridized carbons (Fsp3) is 0.500. The Morgan fingerprint density at radius 2 is 2.08 bits per heavy atom. The van der Waals surface area contributed by atoms with Crippen molar-refractivity contribution in [1.82, 2.24) is 5.32 Å². The number of likely N-dealkylation sites (N-methyl/N-ethyl adjacent to an activating group) is 1. The third kappa shape index (κ3) is 4.79. The number of carbonyl (C=O) groups excluding carboxylic acids is 3. The molecule has 25 heavy (non-hydrogen) atoms. The maximum atomic E-state index is 12.3. The van der Waals surface area contributed by atoms with Crippen LogP contribution in [-0.2, 0) is 14.3 Å². The van der Waals surface area contributed by atoms with Gasteiger partial charge in [0.25, 0.3) is 5.91 Å². The van der Waals surface area contributed by atoms with Crippen LogP contribution >= 0.6 is 0 Å². The summed E-state index contributed by atoms with van der Waals surface area (Å²) in [6.45, 7) is 2.80. The molecule has 136 valence electrons. The van der Waals surface area contributed by atoms with Crippen LogP contribution in [-0.4, -0.2) is 51.0 Å². The van der Waals surface area contributed by atoms with Gasteiger partial charge in [-0.05, 0) is 31.5 Å². The minimum absolute atomic E-state index is 0.115. The van der Waals surface area contributed by atoms with E-state index in [0.717, 1.165) is 6.42 Å². The van der Waals surface area contributed by atoms with Crippen molar-refractivity contribution in [3.63, 3.8) is 0 Å². The predicted molar refractivity (Wildman–Crippen MR) is 93.0 cm³/mol. The molecular formula is C18H24N2O5. The van der Waals surface area contributed by atoms with Gasteiger partial charge in [0.2, 0.25) is 5.91 Å². The molecule has 0 saturated carbocycles. The lowest BCUT2D eigenvalue weighted by molar-refractivity contribution is -0.125. The van der Waals surface area contributed by atoms with Gasteiger partial charge in [0.15, 0.2) is 11.9 Å². The number of ether oxygens (including phenoxy) is 2. The van der Waals surface area contributed by atoms with E-state index in [-0.39, 0.29) is 30.4 Å². The predicted octanol–water partition coefficient (Wildman–Crippen LogP) is 1.55. The number of nitrogens with zero attached hydrogens (tertiary/aromatic N) is 1. The molecule has 1 aromatic rings. The second kappa shape index (κ2) is 8.62. The third-order valence-corrected chi connectivity index (χ3v) is 4.05. The fourth-order valence-corrected chi connectivity index (χ4v) is 2.59. The minimum Gasteiger partial charge on any atom is -0.479 e. The van der Waals surface area contributed by atoms with E-state index >= 15 is 0 Å². The summed E-state index contributed by atoms with van der Waals surface area (Å²) in [7, 11) is 3.26. The van der Waals surface area contributed by atoms with Crippen molar-refractivity contribution >= 4 is 23.3 Å². The number of carbonyl (C=O) groups is 3. The fourth-order valence-electron chi connectivity index (χ4n) is 2.59. The molecule has 1 aromatic carbocycles. The Hall–Kier alpha value is -2.41. The zero-order valence-electron chi connectivity index (χ0n) is 14.8. The zero-order valence-corrected chi connectivity index (χ0v) is 14.8. The molecule has 0 spiro atoms. The Balaban J connectivity index is 1.92. The Kier molecular flexibility index (Phi) is 6.52. The van der Waals surface area contributed by atoms with Crippen LogP contribution in [0.1, 0.15) is 36.5 Å². The topological polar surface area (TPSA) is 84.9 Å². The van der Waals surface area contributed by atoms with Crippen LogP contribution < -0.4 is 15.0 Å². The van der Waals surface area contributed by atoms with E-state index in [1.807, 2.05) is 0 Å². The van der Waals surface area contributed by atoms with E-state index in [0.29, 0.717) is 30.2 Å². The number of ketones is 1. The Labute approximate surface area is 147 Å². The molecule has 0 aliphatic carbocycles. The number of methoxy groups -OCH3 is 1. The van der Waals surface area contributed by atoms with Crippen molar-refractivity contribution in [2.75, 3.05) is 32.2 Å². The van der Waals surface area contributed by atoms with E-state index in [2.05, 4.69) is 5.32 Å². The number of amides is 2. The quantitative estimate of drug-likeness (QED) is 0.569. The van der Waals surface area contributed by atoms with Crippen LogP contribution in [0.15, 0.2) is 18.2 Å². The molecule has 0 fully saturated rings. The Bertz CT molecular complexity index is 659. The van der Waals surface area contributed by atoms with Gasteiger partial charge in [0, 0.05) is 45.7 Å². The Morgan fingerprint density at radius 3 is 2.80 bits per heavy atom. The van der Waals surface area contributed by atoms with Gasteiger partial charge in [-0.25, -0.2) is 0 Å². The summed E-state index contributed by atoms with van der Waals surface area (Å²) in [4.78, 5) is 37.5. The van der Waals surface area contributed by atoms with Gasteiger partial charge in [-0.15, -0.1) is 0 Å². The number of hydrogen-bond acceptors (Lipinski definition) is 5. The van der Waals surface area contributed by atoms with Crippen molar-refractivity contribution in [3.8, 4) is 5.75 Å². The normalized spacial score (nSPS) is 16.2. The lowest BCUT2D eigenvalue weighted by Gasteiger charge is -2.30. The summed E-state index contributed by atoms with van der Waals surface area (Å²) in [5.74, 6) is 0.107. The molecule has 2 rings (SSSR count). The maximum Gasteiger partial charge on any atom is 0.267 e. The Morgan fingerprint density at radius 1 is 1.32 bits per heavy atom. The smallest absolute Gasteiger partial charge is 0.267 e. The number of fused-ring (bicyclic) bond motifs is 1. The average molecular weight is 348 g/mol. The highest BCUT2D eigenvalue weighted by atomic mass is 16.5. The summed E-state index contributed by atoms with van der Waals surface area (Å²) < 4.78 is 10.4. The highest BCUT2D eigenvalue weighted by Gasteiger charge is 2.29. The summed E-state index contributed by atoms with van der Waals surface area (Å²) in [6.07, 6.45) is 0.440. The molecule has 0 bridgehead atoms. The van der Waals surface area contributed by atoms with Crippen LogP contribution in [0.4, 0.5) is 5.69 Å². The summed E-state index contributed by atoms with van der Waals surface area (Å²) in [5, 5.41) is 2.75. The molecule has 1 unspecified atom stereocenters. The first-order valence-corrected chi connectivity index (χ1v) is 8.31. The molecule has 1 atom stereocenters. The molecule has 0 saturated heterocycles. The number of hydrogen-bond donors (Lipinski definition) is 1. The number of benzene rings is 1. The van der Waals surface area contributed by atoms with Gasteiger partial charge in [0.05, 0.1) is 5.69 Å². The van der Waals surface area contributed by atoms with E-state index in [1.165, 1.54) is 4.90 Å². The molecule has 0 radical (unpaired) electrons. The largest absolute Gasteiger partial charge is 0.479 e.